The first-order valence-electron chi connectivity index (χ1n) is 12.1. The molecule has 0 fully saturated rings. The van der Waals surface area contributed by atoms with Crippen molar-refractivity contribution in [2.75, 3.05) is 19.6 Å². The van der Waals surface area contributed by atoms with Crippen LogP contribution in [0.5, 0.6) is 0 Å². The number of allylic oxidation sites excluding steroid dienone is 4. The van der Waals surface area contributed by atoms with Gasteiger partial charge < -0.3 is 4.90 Å². The molecule has 4 rings (SSSR count). The molecule has 3 nitrogen and oxygen atoms in total. The first-order chi connectivity index (χ1) is 16.2. The Bertz CT molecular complexity index is 1050. The summed E-state index contributed by atoms with van der Waals surface area (Å²) in [6.07, 6.45) is 7.84. The van der Waals surface area contributed by atoms with Crippen LogP contribution in [0.25, 0.3) is 5.57 Å². The van der Waals surface area contributed by atoms with Gasteiger partial charge in [0.05, 0.1) is 5.69 Å². The average Bonchev–Trinajstić information content (AvgIpc) is 3.34. The zero-order valence-electron chi connectivity index (χ0n) is 19.5. The lowest BCUT2D eigenvalue weighted by Gasteiger charge is -2.25. The summed E-state index contributed by atoms with van der Waals surface area (Å²) >= 11 is 0. The van der Waals surface area contributed by atoms with Gasteiger partial charge in [0.2, 0.25) is 0 Å². The predicted octanol–water partition coefficient (Wildman–Crippen LogP) is 6.92. The SMILES string of the molecule is CCCN(CCc1ccccc1)CCC(c1ccccc1)c1cc(C2=CC=C(F)CC2)n[nH]1. The molecule has 1 unspecified atom stereocenters. The summed E-state index contributed by atoms with van der Waals surface area (Å²) in [5, 5.41) is 7.89. The van der Waals surface area contributed by atoms with E-state index in [2.05, 4.69) is 88.8 Å². The van der Waals surface area contributed by atoms with Crippen molar-refractivity contribution < 1.29 is 4.39 Å². The summed E-state index contributed by atoms with van der Waals surface area (Å²) in [4.78, 5) is 2.58. The molecule has 4 heteroatoms. The van der Waals surface area contributed by atoms with Crippen molar-refractivity contribution in [1.29, 1.82) is 0 Å². The number of nitrogens with zero attached hydrogens (tertiary/aromatic N) is 2. The number of halogens is 1. The number of H-pyrrole nitrogens is 1. The smallest absolute Gasteiger partial charge is 0.100 e. The second-order valence-corrected chi connectivity index (χ2v) is 8.84. The molecule has 1 aromatic heterocycles. The summed E-state index contributed by atoms with van der Waals surface area (Å²) in [5.74, 6) is 0.197. The van der Waals surface area contributed by atoms with Crippen LogP contribution >= 0.6 is 0 Å². The number of rotatable bonds is 11. The van der Waals surface area contributed by atoms with Crippen molar-refractivity contribution in [3.05, 3.63) is 107 Å². The molecular weight excluding hydrogens is 409 g/mol. The van der Waals surface area contributed by atoms with E-state index in [1.165, 1.54) is 11.1 Å². The Balaban J connectivity index is 1.48. The first kappa shape index (κ1) is 23.2. The average molecular weight is 444 g/mol. The molecule has 0 radical (unpaired) electrons. The topological polar surface area (TPSA) is 31.9 Å². The first-order valence-corrected chi connectivity index (χ1v) is 12.1. The standard InChI is InChI=1S/C29H34FN3/c1-2-19-33(20-17-23-9-5-3-6-10-23)21-18-27(24-11-7-4-8-12-24)29-22-28(31-32-29)25-13-15-26(30)16-14-25/h3-13,15,22,27H,2,14,16-21H2,1H3,(H,31,32). The Morgan fingerprint density at radius 1 is 0.939 bits per heavy atom. The molecule has 0 saturated heterocycles. The van der Waals surface area contributed by atoms with Crippen molar-refractivity contribution in [2.45, 2.75) is 44.9 Å². The monoisotopic (exact) mass is 443 g/mol. The lowest BCUT2D eigenvalue weighted by molar-refractivity contribution is 0.269. The fourth-order valence-corrected chi connectivity index (χ4v) is 4.59. The number of hydrogen-bond acceptors (Lipinski definition) is 2. The van der Waals surface area contributed by atoms with Gasteiger partial charge in [-0.25, -0.2) is 4.39 Å². The van der Waals surface area contributed by atoms with E-state index in [1.807, 2.05) is 6.08 Å². The number of aromatic amines is 1. The molecule has 0 spiro atoms. The largest absolute Gasteiger partial charge is 0.303 e. The Morgan fingerprint density at radius 2 is 1.70 bits per heavy atom. The van der Waals surface area contributed by atoms with E-state index in [1.54, 1.807) is 6.08 Å². The van der Waals surface area contributed by atoms with Crippen molar-refractivity contribution in [3.63, 3.8) is 0 Å². The molecule has 0 aliphatic heterocycles. The highest BCUT2D eigenvalue weighted by atomic mass is 19.1. The van der Waals surface area contributed by atoms with Crippen molar-refractivity contribution in [3.8, 4) is 0 Å². The lowest BCUT2D eigenvalue weighted by atomic mass is 9.91. The molecule has 0 bridgehead atoms. The van der Waals surface area contributed by atoms with Gasteiger partial charge in [-0.1, -0.05) is 73.7 Å². The molecule has 2 aromatic carbocycles. The Morgan fingerprint density at radius 3 is 2.39 bits per heavy atom. The molecule has 1 aliphatic rings. The third-order valence-electron chi connectivity index (χ3n) is 6.44. The highest BCUT2D eigenvalue weighted by Crippen LogP contribution is 2.31. The quantitative estimate of drug-likeness (QED) is 0.349. The van der Waals surface area contributed by atoms with Gasteiger partial charge in [0, 0.05) is 24.6 Å². The van der Waals surface area contributed by atoms with Crippen LogP contribution < -0.4 is 0 Å². The van der Waals surface area contributed by atoms with Crippen molar-refractivity contribution in [2.24, 2.45) is 0 Å². The van der Waals surface area contributed by atoms with E-state index in [9.17, 15) is 4.39 Å². The minimum absolute atomic E-state index is 0.0526. The van der Waals surface area contributed by atoms with Gasteiger partial charge in [0.1, 0.15) is 5.83 Å². The van der Waals surface area contributed by atoms with E-state index >= 15 is 0 Å². The Hall–Kier alpha value is -2.98. The normalized spacial score (nSPS) is 14.8. The van der Waals surface area contributed by atoms with E-state index in [4.69, 9.17) is 0 Å². The van der Waals surface area contributed by atoms with E-state index < -0.39 is 0 Å². The summed E-state index contributed by atoms with van der Waals surface area (Å²) in [6.45, 7) is 5.46. The van der Waals surface area contributed by atoms with Crippen molar-refractivity contribution >= 4 is 5.57 Å². The van der Waals surface area contributed by atoms with Gasteiger partial charge in [-0.3, -0.25) is 5.10 Å². The van der Waals surface area contributed by atoms with Crippen LogP contribution in [0.15, 0.2) is 84.7 Å². The highest BCUT2D eigenvalue weighted by Gasteiger charge is 2.20. The minimum Gasteiger partial charge on any atom is -0.303 e. The van der Waals surface area contributed by atoms with Gasteiger partial charge >= 0.3 is 0 Å². The summed E-state index contributed by atoms with van der Waals surface area (Å²) in [7, 11) is 0. The molecule has 1 heterocycles. The third-order valence-corrected chi connectivity index (χ3v) is 6.44. The minimum atomic E-state index is -0.0526. The molecular formula is C29H34FN3. The molecule has 1 aliphatic carbocycles. The van der Waals surface area contributed by atoms with Crippen LogP contribution in [-0.4, -0.2) is 34.7 Å². The fraction of sp³-hybridized carbons (Fsp3) is 0.345. The van der Waals surface area contributed by atoms with Crippen LogP contribution in [0.4, 0.5) is 4.39 Å². The maximum atomic E-state index is 13.4. The predicted molar refractivity (Wildman–Crippen MR) is 135 cm³/mol. The van der Waals surface area contributed by atoms with Gasteiger partial charge in [-0.15, -0.1) is 0 Å². The van der Waals surface area contributed by atoms with Crippen LogP contribution in [0, 0.1) is 0 Å². The number of nitrogens with one attached hydrogen (secondary N) is 1. The third kappa shape index (κ3) is 6.52. The Labute approximate surface area is 197 Å². The van der Waals surface area contributed by atoms with Gasteiger partial charge in [0.25, 0.3) is 0 Å². The molecule has 0 amide bonds. The lowest BCUT2D eigenvalue weighted by Crippen LogP contribution is -2.29. The molecule has 33 heavy (non-hydrogen) atoms. The van der Waals surface area contributed by atoms with Crippen LogP contribution in [0.1, 0.15) is 61.0 Å². The van der Waals surface area contributed by atoms with Gasteiger partial charge in [-0.2, -0.15) is 5.10 Å². The summed E-state index contributed by atoms with van der Waals surface area (Å²) in [6, 6.07) is 23.6. The van der Waals surface area contributed by atoms with E-state index in [-0.39, 0.29) is 11.7 Å². The number of benzene rings is 2. The van der Waals surface area contributed by atoms with E-state index in [0.29, 0.717) is 12.8 Å². The van der Waals surface area contributed by atoms with Crippen LogP contribution in [0.3, 0.4) is 0 Å². The molecule has 1 N–H and O–H groups in total. The molecule has 1 atom stereocenters. The van der Waals surface area contributed by atoms with Crippen molar-refractivity contribution in [1.82, 2.24) is 15.1 Å². The van der Waals surface area contributed by atoms with E-state index in [0.717, 1.165) is 55.9 Å². The maximum absolute atomic E-state index is 13.4. The van der Waals surface area contributed by atoms with Gasteiger partial charge in [0.15, 0.2) is 0 Å². The second kappa shape index (κ2) is 11.8. The Kier molecular flexibility index (Phi) is 8.26. The molecule has 3 aromatic rings. The summed E-state index contributed by atoms with van der Waals surface area (Å²) < 4.78 is 13.4. The molecule has 0 saturated carbocycles. The highest BCUT2D eigenvalue weighted by molar-refractivity contribution is 5.66. The number of aromatic nitrogens is 2. The second-order valence-electron chi connectivity index (χ2n) is 8.84. The zero-order chi connectivity index (χ0) is 22.9. The fourth-order valence-electron chi connectivity index (χ4n) is 4.59. The van der Waals surface area contributed by atoms with Gasteiger partial charge in [-0.05, 0) is 67.6 Å². The number of hydrogen-bond donors (Lipinski definition) is 1. The summed E-state index contributed by atoms with van der Waals surface area (Å²) in [5.41, 5.74) is 5.86. The van der Waals surface area contributed by atoms with Crippen LogP contribution in [0.2, 0.25) is 0 Å². The maximum Gasteiger partial charge on any atom is 0.100 e. The zero-order valence-corrected chi connectivity index (χ0v) is 19.5. The molecule has 172 valence electrons. The van der Waals surface area contributed by atoms with Crippen LogP contribution in [-0.2, 0) is 6.42 Å².